The van der Waals surface area contributed by atoms with Gasteiger partial charge in [0, 0.05) is 11.3 Å². The van der Waals surface area contributed by atoms with Crippen molar-refractivity contribution >= 4 is 12.1 Å². The van der Waals surface area contributed by atoms with Gasteiger partial charge < -0.3 is 30.1 Å². The van der Waals surface area contributed by atoms with Crippen LogP contribution in [-0.4, -0.2) is 63.4 Å². The highest BCUT2D eigenvalue weighted by molar-refractivity contribution is 5.77. The number of ether oxygens (including phenoxy) is 2. The number of carbonyl (C=O) groups is 2. The van der Waals surface area contributed by atoms with Crippen molar-refractivity contribution in [3.63, 3.8) is 0 Å². The van der Waals surface area contributed by atoms with Crippen molar-refractivity contribution in [3.05, 3.63) is 11.1 Å². The summed E-state index contributed by atoms with van der Waals surface area (Å²) in [5.41, 5.74) is 0.159. The van der Waals surface area contributed by atoms with Crippen LogP contribution in [0, 0.1) is 17.3 Å². The number of alkyl carbamates (subject to hydrolysis) is 1. The van der Waals surface area contributed by atoms with Gasteiger partial charge in [-0.1, -0.05) is 47.1 Å². The van der Waals surface area contributed by atoms with E-state index < -0.39 is 53.5 Å². The number of carbonyl (C=O) groups excluding carboxylic acids is 2. The predicted molar refractivity (Wildman–Crippen MR) is 138 cm³/mol. The van der Waals surface area contributed by atoms with Gasteiger partial charge in [-0.05, 0) is 65.9 Å². The Morgan fingerprint density at radius 2 is 1.43 bits per heavy atom. The Balaban J connectivity index is 5.52. The minimum Gasteiger partial charge on any atom is -0.456 e. The minimum absolute atomic E-state index is 0.0999. The van der Waals surface area contributed by atoms with Gasteiger partial charge in [0.25, 0.3) is 0 Å². The average Bonchev–Trinajstić information content (AvgIpc) is 2.73. The maximum Gasteiger partial charge on any atom is 0.407 e. The van der Waals surface area contributed by atoms with Crippen LogP contribution in [0.5, 0.6) is 0 Å². The van der Waals surface area contributed by atoms with Crippen LogP contribution >= 0.6 is 0 Å². The third kappa shape index (κ3) is 10.5. The fourth-order valence-electron chi connectivity index (χ4n) is 4.01. The van der Waals surface area contributed by atoms with Gasteiger partial charge in [-0.25, -0.2) is 9.59 Å². The molecule has 0 saturated carbocycles. The van der Waals surface area contributed by atoms with Gasteiger partial charge in [-0.2, -0.15) is 0 Å². The molecule has 0 saturated heterocycles. The number of hydrogen-bond acceptors (Lipinski definition) is 7. The van der Waals surface area contributed by atoms with Crippen molar-refractivity contribution in [2.75, 3.05) is 0 Å². The average molecular weight is 502 g/mol. The van der Waals surface area contributed by atoms with E-state index in [4.69, 9.17) is 9.47 Å². The van der Waals surface area contributed by atoms with Crippen molar-refractivity contribution in [3.8, 4) is 0 Å². The van der Waals surface area contributed by atoms with E-state index in [1.54, 1.807) is 27.7 Å². The van der Waals surface area contributed by atoms with Crippen LogP contribution in [-0.2, 0) is 14.3 Å². The predicted octanol–water partition coefficient (Wildman–Crippen LogP) is 4.35. The summed E-state index contributed by atoms with van der Waals surface area (Å²) in [7, 11) is 0. The zero-order chi connectivity index (χ0) is 27.9. The zero-order valence-electron chi connectivity index (χ0n) is 23.9. The lowest BCUT2D eigenvalue weighted by atomic mass is 9.72. The van der Waals surface area contributed by atoms with Crippen LogP contribution in [0.4, 0.5) is 4.79 Å². The topological polar surface area (TPSA) is 125 Å². The summed E-state index contributed by atoms with van der Waals surface area (Å²) in [5.74, 6) is -1.04. The second-order valence-corrected chi connectivity index (χ2v) is 11.8. The highest BCUT2D eigenvalue weighted by Crippen LogP contribution is 2.35. The lowest BCUT2D eigenvalue weighted by Gasteiger charge is -2.39. The number of amides is 1. The third-order valence-corrected chi connectivity index (χ3v) is 6.74. The molecular formula is C27H51NO7. The van der Waals surface area contributed by atoms with Crippen LogP contribution in [0.25, 0.3) is 0 Å². The Morgan fingerprint density at radius 1 is 0.914 bits per heavy atom. The van der Waals surface area contributed by atoms with E-state index in [-0.39, 0.29) is 11.8 Å². The molecule has 0 aliphatic rings. The van der Waals surface area contributed by atoms with Gasteiger partial charge in [0.1, 0.15) is 11.7 Å². The van der Waals surface area contributed by atoms with Gasteiger partial charge in [0.15, 0.2) is 6.10 Å². The molecule has 0 radical (unpaired) electrons. The van der Waals surface area contributed by atoms with E-state index in [1.807, 2.05) is 55.4 Å². The Labute approximate surface area is 212 Å². The fraction of sp³-hybridized carbons (Fsp3) is 0.852. The maximum absolute atomic E-state index is 12.8. The zero-order valence-corrected chi connectivity index (χ0v) is 23.9. The molecule has 8 heteroatoms. The highest BCUT2D eigenvalue weighted by atomic mass is 16.6. The Hall–Kier alpha value is -1.64. The van der Waals surface area contributed by atoms with Gasteiger partial charge in [-0.15, -0.1) is 0 Å². The lowest BCUT2D eigenvalue weighted by molar-refractivity contribution is -0.158. The molecule has 8 nitrogen and oxygen atoms in total. The molecule has 0 unspecified atom stereocenters. The maximum atomic E-state index is 12.8. The molecule has 0 aromatic heterocycles. The molecule has 0 heterocycles. The lowest BCUT2D eigenvalue weighted by Crippen LogP contribution is -2.50. The van der Waals surface area contributed by atoms with Gasteiger partial charge in [0.2, 0.25) is 0 Å². The first-order chi connectivity index (χ1) is 15.8. The molecule has 0 spiro atoms. The van der Waals surface area contributed by atoms with Gasteiger partial charge >= 0.3 is 12.1 Å². The Bertz CT molecular complexity index is 724. The molecule has 0 bridgehead atoms. The molecule has 0 aromatic rings. The second-order valence-electron chi connectivity index (χ2n) is 11.8. The number of aliphatic hydroxyl groups is 3. The summed E-state index contributed by atoms with van der Waals surface area (Å²) in [6.45, 7) is 21.8. The normalized spacial score (nSPS) is 18.6. The number of hydrogen-bond donors (Lipinski definition) is 4. The number of aliphatic hydroxyl groups excluding tert-OH is 3. The second kappa shape index (κ2) is 13.6. The van der Waals surface area contributed by atoms with Crippen molar-refractivity contribution in [2.45, 2.75) is 132 Å². The molecular weight excluding hydrogens is 450 g/mol. The standard InChI is InChI=1S/C27H51NO7/c1-13-21(29)27(11,12)23(31)18(6)16(4)17(5)19(7)34-24(32)22(30)20(14-15(2)3)28-25(33)35-26(8,9)10/h15,18-23,29-31H,13-14H2,1-12H3,(H,28,33)/b17-16+/t18-,19-,20-,21-,22+,23-/m0/s1. The summed E-state index contributed by atoms with van der Waals surface area (Å²) in [5, 5.41) is 34.6. The molecule has 0 rings (SSSR count). The SMILES string of the molecule is CC[C@H](O)C(C)(C)[C@@H](O)[C@@H](C)/C(C)=C(\C)[C@H](C)OC(=O)[C@H](O)[C@H](CC(C)C)NC(=O)OC(C)(C)C. The van der Waals surface area contributed by atoms with Crippen LogP contribution in [0.3, 0.4) is 0 Å². The van der Waals surface area contributed by atoms with Crippen molar-refractivity contribution in [1.82, 2.24) is 5.32 Å². The van der Waals surface area contributed by atoms with Gasteiger partial charge in [0.05, 0.1) is 18.2 Å². The largest absolute Gasteiger partial charge is 0.456 e. The molecule has 4 N–H and O–H groups in total. The van der Waals surface area contributed by atoms with Crippen LogP contribution in [0.2, 0.25) is 0 Å². The quantitative estimate of drug-likeness (QED) is 0.231. The molecule has 0 aliphatic carbocycles. The molecule has 35 heavy (non-hydrogen) atoms. The molecule has 0 fully saturated rings. The Kier molecular flexibility index (Phi) is 13.0. The van der Waals surface area contributed by atoms with E-state index in [0.29, 0.717) is 12.8 Å². The highest BCUT2D eigenvalue weighted by Gasteiger charge is 2.39. The first-order valence-corrected chi connectivity index (χ1v) is 12.7. The third-order valence-electron chi connectivity index (χ3n) is 6.74. The molecule has 1 amide bonds. The fourth-order valence-corrected chi connectivity index (χ4v) is 4.01. The molecule has 206 valence electrons. The van der Waals surface area contributed by atoms with Gasteiger partial charge in [-0.3, -0.25) is 0 Å². The summed E-state index contributed by atoms with van der Waals surface area (Å²) in [6, 6.07) is -0.869. The molecule has 6 atom stereocenters. The monoisotopic (exact) mass is 501 g/mol. The summed E-state index contributed by atoms with van der Waals surface area (Å²) >= 11 is 0. The van der Waals surface area contributed by atoms with Crippen molar-refractivity contribution < 1.29 is 34.4 Å². The summed E-state index contributed by atoms with van der Waals surface area (Å²) in [6.07, 6.45) is -3.53. The first-order valence-electron chi connectivity index (χ1n) is 12.7. The smallest absolute Gasteiger partial charge is 0.407 e. The van der Waals surface area contributed by atoms with E-state index in [2.05, 4.69) is 5.32 Å². The first kappa shape index (κ1) is 33.4. The molecule has 0 aromatic carbocycles. The van der Waals surface area contributed by atoms with E-state index >= 15 is 0 Å². The summed E-state index contributed by atoms with van der Waals surface area (Å²) in [4.78, 5) is 25.0. The summed E-state index contributed by atoms with van der Waals surface area (Å²) < 4.78 is 10.8. The number of nitrogens with one attached hydrogen (secondary N) is 1. The molecule has 0 aliphatic heterocycles. The van der Waals surface area contributed by atoms with Crippen LogP contribution in [0.1, 0.15) is 95.9 Å². The van der Waals surface area contributed by atoms with E-state index in [9.17, 15) is 24.9 Å². The van der Waals surface area contributed by atoms with Crippen LogP contribution < -0.4 is 5.32 Å². The number of esters is 1. The number of rotatable bonds is 12. The van der Waals surface area contributed by atoms with E-state index in [1.165, 1.54) is 0 Å². The van der Waals surface area contributed by atoms with Crippen molar-refractivity contribution in [1.29, 1.82) is 0 Å². The van der Waals surface area contributed by atoms with E-state index in [0.717, 1.165) is 11.1 Å². The Morgan fingerprint density at radius 3 is 1.86 bits per heavy atom. The minimum atomic E-state index is -1.57. The van der Waals surface area contributed by atoms with Crippen molar-refractivity contribution in [2.24, 2.45) is 17.3 Å². The van der Waals surface area contributed by atoms with Crippen LogP contribution in [0.15, 0.2) is 11.1 Å².